The maximum absolute atomic E-state index is 12.5. The molecule has 1 amide bonds. The van der Waals surface area contributed by atoms with Gasteiger partial charge in [0.25, 0.3) is 5.91 Å². The molecule has 0 bridgehead atoms. The first kappa shape index (κ1) is 15.0. The average Bonchev–Trinajstić information content (AvgIpc) is 2.94. The van der Waals surface area contributed by atoms with Crippen LogP contribution in [0.5, 0.6) is 0 Å². The van der Waals surface area contributed by atoms with Gasteiger partial charge in [0.05, 0.1) is 5.69 Å². The van der Waals surface area contributed by atoms with E-state index in [1.807, 2.05) is 4.90 Å². The van der Waals surface area contributed by atoms with Gasteiger partial charge in [0.2, 0.25) is 0 Å². The smallest absolute Gasteiger partial charge is 0.254 e. The number of halogens is 1. The first-order chi connectivity index (χ1) is 9.28. The van der Waals surface area contributed by atoms with Crippen molar-refractivity contribution in [1.82, 2.24) is 9.88 Å². The first-order valence-electron chi connectivity index (χ1n) is 6.27. The minimum absolute atomic E-state index is 0. The molecule has 2 aromatic heterocycles. The van der Waals surface area contributed by atoms with Gasteiger partial charge in [-0.25, -0.2) is 0 Å². The van der Waals surface area contributed by atoms with Crippen LogP contribution in [0.4, 0.5) is 0 Å². The average molecular weight is 310 g/mol. The van der Waals surface area contributed by atoms with E-state index in [2.05, 4.69) is 16.4 Å². The SMILES string of the molecule is Cl.NCc1cc(C(=O)N2CCc3sccc3C2)ccn1. The number of aromatic nitrogens is 1. The van der Waals surface area contributed by atoms with Crippen LogP contribution in [-0.2, 0) is 19.5 Å². The lowest BCUT2D eigenvalue weighted by atomic mass is 10.1. The zero-order valence-electron chi connectivity index (χ0n) is 10.9. The highest BCUT2D eigenvalue weighted by Crippen LogP contribution is 2.25. The fraction of sp³-hybridized carbons (Fsp3) is 0.286. The predicted molar refractivity (Wildman–Crippen MR) is 82.1 cm³/mol. The second-order valence-electron chi connectivity index (χ2n) is 4.59. The van der Waals surface area contributed by atoms with Gasteiger partial charge in [0.1, 0.15) is 0 Å². The van der Waals surface area contributed by atoms with E-state index in [1.54, 1.807) is 29.7 Å². The molecule has 6 heteroatoms. The molecule has 1 aliphatic rings. The van der Waals surface area contributed by atoms with E-state index in [1.165, 1.54) is 10.4 Å². The second kappa shape index (κ2) is 6.35. The second-order valence-corrected chi connectivity index (χ2v) is 5.59. The van der Waals surface area contributed by atoms with Gasteiger partial charge in [-0.3, -0.25) is 9.78 Å². The topological polar surface area (TPSA) is 59.2 Å². The monoisotopic (exact) mass is 309 g/mol. The van der Waals surface area contributed by atoms with Gasteiger partial charge in [-0.2, -0.15) is 0 Å². The molecule has 4 nitrogen and oxygen atoms in total. The zero-order chi connectivity index (χ0) is 13.2. The molecule has 0 unspecified atom stereocenters. The summed E-state index contributed by atoms with van der Waals surface area (Å²) in [6, 6.07) is 5.65. The molecule has 0 atom stereocenters. The van der Waals surface area contributed by atoms with E-state index in [4.69, 9.17) is 5.73 Å². The van der Waals surface area contributed by atoms with Crippen molar-refractivity contribution < 1.29 is 4.79 Å². The van der Waals surface area contributed by atoms with Crippen molar-refractivity contribution in [2.45, 2.75) is 19.5 Å². The van der Waals surface area contributed by atoms with Gasteiger partial charge in [0, 0.05) is 36.3 Å². The van der Waals surface area contributed by atoms with Crippen LogP contribution >= 0.6 is 23.7 Å². The van der Waals surface area contributed by atoms with E-state index in [0.717, 1.165) is 18.7 Å². The number of nitrogens with two attached hydrogens (primary N) is 1. The fourth-order valence-corrected chi connectivity index (χ4v) is 3.22. The van der Waals surface area contributed by atoms with E-state index >= 15 is 0 Å². The van der Waals surface area contributed by atoms with Crippen molar-refractivity contribution in [2.24, 2.45) is 5.73 Å². The third kappa shape index (κ3) is 2.85. The molecular formula is C14H16ClN3OS. The predicted octanol–water partition coefficient (Wildman–Crippen LogP) is 2.22. The van der Waals surface area contributed by atoms with Crippen molar-refractivity contribution in [3.63, 3.8) is 0 Å². The largest absolute Gasteiger partial charge is 0.334 e. The van der Waals surface area contributed by atoms with Crippen LogP contribution in [0, 0.1) is 0 Å². The quantitative estimate of drug-likeness (QED) is 0.925. The van der Waals surface area contributed by atoms with Crippen LogP contribution in [0.1, 0.15) is 26.5 Å². The van der Waals surface area contributed by atoms with Gasteiger partial charge in [0.15, 0.2) is 0 Å². The van der Waals surface area contributed by atoms with Crippen LogP contribution in [0.3, 0.4) is 0 Å². The van der Waals surface area contributed by atoms with Gasteiger partial charge in [-0.05, 0) is 35.6 Å². The van der Waals surface area contributed by atoms with Crippen molar-refractivity contribution in [3.8, 4) is 0 Å². The lowest BCUT2D eigenvalue weighted by Crippen LogP contribution is -2.35. The van der Waals surface area contributed by atoms with Crippen LogP contribution in [0.25, 0.3) is 0 Å². The van der Waals surface area contributed by atoms with Crippen molar-refractivity contribution in [3.05, 3.63) is 51.5 Å². The zero-order valence-corrected chi connectivity index (χ0v) is 12.5. The number of carbonyl (C=O) groups excluding carboxylic acids is 1. The molecule has 1 aliphatic heterocycles. The van der Waals surface area contributed by atoms with Crippen molar-refractivity contribution in [2.75, 3.05) is 6.54 Å². The Bertz CT molecular complexity index is 614. The number of carbonyl (C=O) groups is 1. The Balaban J connectivity index is 0.00000147. The summed E-state index contributed by atoms with van der Waals surface area (Å²) in [5.74, 6) is 0.0638. The molecular weight excluding hydrogens is 294 g/mol. The Morgan fingerprint density at radius 2 is 2.30 bits per heavy atom. The number of fused-ring (bicyclic) bond motifs is 1. The van der Waals surface area contributed by atoms with E-state index in [9.17, 15) is 4.79 Å². The summed E-state index contributed by atoms with van der Waals surface area (Å²) >= 11 is 1.78. The normalized spacial score (nSPS) is 13.6. The van der Waals surface area contributed by atoms with Crippen LogP contribution in [0.15, 0.2) is 29.8 Å². The van der Waals surface area contributed by atoms with Crippen LogP contribution < -0.4 is 5.73 Å². The molecule has 0 aromatic carbocycles. The lowest BCUT2D eigenvalue weighted by molar-refractivity contribution is 0.0735. The van der Waals surface area contributed by atoms with Crippen LogP contribution in [0.2, 0.25) is 0 Å². The van der Waals surface area contributed by atoms with E-state index < -0.39 is 0 Å². The molecule has 3 rings (SSSR count). The van der Waals surface area contributed by atoms with Gasteiger partial charge < -0.3 is 10.6 Å². The molecule has 0 fully saturated rings. The van der Waals surface area contributed by atoms with Gasteiger partial charge in [-0.1, -0.05) is 0 Å². The Morgan fingerprint density at radius 3 is 3.10 bits per heavy atom. The Morgan fingerprint density at radius 1 is 1.45 bits per heavy atom. The van der Waals surface area contributed by atoms with Crippen molar-refractivity contribution >= 4 is 29.7 Å². The van der Waals surface area contributed by atoms with E-state index in [-0.39, 0.29) is 18.3 Å². The summed E-state index contributed by atoms with van der Waals surface area (Å²) < 4.78 is 0. The number of rotatable bonds is 2. The molecule has 0 saturated heterocycles. The molecule has 2 N–H and O–H groups in total. The molecule has 2 aromatic rings. The highest BCUT2D eigenvalue weighted by molar-refractivity contribution is 7.10. The standard InChI is InChI=1S/C14H15N3OS.ClH/c15-8-12-7-10(1-4-16-12)14(18)17-5-2-13-11(9-17)3-6-19-13;/h1,3-4,6-7H,2,5,8-9,15H2;1H. The number of hydrogen-bond acceptors (Lipinski definition) is 4. The highest BCUT2D eigenvalue weighted by atomic mass is 35.5. The van der Waals surface area contributed by atoms with Crippen LogP contribution in [-0.4, -0.2) is 22.3 Å². The summed E-state index contributed by atoms with van der Waals surface area (Å²) in [5, 5.41) is 2.09. The number of hydrogen-bond donors (Lipinski definition) is 1. The maximum atomic E-state index is 12.5. The molecule has 0 spiro atoms. The molecule has 20 heavy (non-hydrogen) atoms. The summed E-state index contributed by atoms with van der Waals surface area (Å²) in [5.41, 5.74) is 8.26. The minimum atomic E-state index is 0. The number of amides is 1. The van der Waals surface area contributed by atoms with Gasteiger partial charge >= 0.3 is 0 Å². The summed E-state index contributed by atoms with van der Waals surface area (Å²) in [7, 11) is 0. The highest BCUT2D eigenvalue weighted by Gasteiger charge is 2.22. The van der Waals surface area contributed by atoms with Crippen molar-refractivity contribution in [1.29, 1.82) is 0 Å². The number of pyridine rings is 1. The number of nitrogens with zero attached hydrogens (tertiary/aromatic N) is 2. The molecule has 0 saturated carbocycles. The third-order valence-corrected chi connectivity index (χ3v) is 4.39. The Hall–Kier alpha value is -1.43. The lowest BCUT2D eigenvalue weighted by Gasteiger charge is -2.27. The summed E-state index contributed by atoms with van der Waals surface area (Å²) in [6.45, 7) is 1.85. The minimum Gasteiger partial charge on any atom is -0.334 e. The molecule has 3 heterocycles. The Labute approximate surface area is 128 Å². The van der Waals surface area contributed by atoms with E-state index in [0.29, 0.717) is 18.7 Å². The summed E-state index contributed by atoms with van der Waals surface area (Å²) in [6.07, 6.45) is 2.60. The fourth-order valence-electron chi connectivity index (χ4n) is 2.33. The van der Waals surface area contributed by atoms with Gasteiger partial charge in [-0.15, -0.1) is 23.7 Å². The molecule has 106 valence electrons. The molecule has 0 radical (unpaired) electrons. The first-order valence-corrected chi connectivity index (χ1v) is 7.15. The number of thiophene rings is 1. The Kier molecular flexibility index (Phi) is 4.75. The maximum Gasteiger partial charge on any atom is 0.254 e. The third-order valence-electron chi connectivity index (χ3n) is 3.37. The molecule has 0 aliphatic carbocycles. The summed E-state index contributed by atoms with van der Waals surface area (Å²) in [4.78, 5) is 19.9.